The van der Waals surface area contributed by atoms with Gasteiger partial charge < -0.3 is 14.8 Å². The smallest absolute Gasteiger partial charge is 0.497 e. The number of para-hydroxylation sites is 2. The molecule has 0 fully saturated rings. The number of anilines is 2. The molecule has 0 unspecified atom stereocenters. The van der Waals surface area contributed by atoms with Crippen LogP contribution in [0.4, 0.5) is 24.5 Å². The zero-order valence-corrected chi connectivity index (χ0v) is 18.3. The van der Waals surface area contributed by atoms with Crippen molar-refractivity contribution in [2.24, 2.45) is 0 Å². The zero-order chi connectivity index (χ0) is 24.2. The maximum Gasteiger partial charge on any atom is 0.573 e. The molecule has 7 nitrogen and oxygen atoms in total. The molecule has 3 rings (SSSR count). The lowest BCUT2D eigenvalue weighted by atomic mass is 10.2. The van der Waals surface area contributed by atoms with Crippen molar-refractivity contribution < 1.29 is 35.9 Å². The van der Waals surface area contributed by atoms with Gasteiger partial charge in [0, 0.05) is 12.6 Å². The van der Waals surface area contributed by atoms with Crippen molar-refractivity contribution in [1.29, 1.82) is 0 Å². The number of nitrogens with one attached hydrogen (secondary N) is 1. The number of carbonyl (C=O) groups is 1. The summed E-state index contributed by atoms with van der Waals surface area (Å²) in [5, 5.41) is 2.32. The molecule has 33 heavy (non-hydrogen) atoms. The molecule has 1 N–H and O–H groups in total. The summed E-state index contributed by atoms with van der Waals surface area (Å²) in [6.07, 6.45) is -4.94. The Morgan fingerprint density at radius 3 is 2.27 bits per heavy atom. The Morgan fingerprint density at radius 2 is 1.64 bits per heavy atom. The highest BCUT2D eigenvalue weighted by molar-refractivity contribution is 7.92. The number of ether oxygens (including phenoxy) is 2. The van der Waals surface area contributed by atoms with Gasteiger partial charge in [0.15, 0.2) is 5.75 Å². The van der Waals surface area contributed by atoms with Crippen LogP contribution < -0.4 is 19.1 Å². The topological polar surface area (TPSA) is 84.9 Å². The second-order valence-corrected chi connectivity index (χ2v) is 8.67. The minimum Gasteiger partial charge on any atom is -0.497 e. The summed E-state index contributed by atoms with van der Waals surface area (Å²) in [6, 6.07) is 16.5. The fourth-order valence-electron chi connectivity index (χ4n) is 2.86. The van der Waals surface area contributed by atoms with Gasteiger partial charge in [0.05, 0.1) is 23.4 Å². The van der Waals surface area contributed by atoms with Crippen LogP contribution in [0.3, 0.4) is 0 Å². The molecule has 0 aliphatic rings. The molecular formula is C22H19F3N2O5S. The molecule has 3 aromatic carbocycles. The summed E-state index contributed by atoms with van der Waals surface area (Å²) in [5.41, 5.74) is 0.0772. The van der Waals surface area contributed by atoms with Crippen LogP contribution in [0.1, 0.15) is 10.4 Å². The highest BCUT2D eigenvalue weighted by Crippen LogP contribution is 2.30. The van der Waals surface area contributed by atoms with Gasteiger partial charge in [0.2, 0.25) is 0 Å². The number of alkyl halides is 3. The summed E-state index contributed by atoms with van der Waals surface area (Å²) in [7, 11) is -1.19. The predicted octanol–water partition coefficient (Wildman–Crippen LogP) is 4.67. The Labute approximate surface area is 188 Å². The number of hydrogen-bond donors (Lipinski definition) is 1. The van der Waals surface area contributed by atoms with Gasteiger partial charge in [-0.1, -0.05) is 18.2 Å². The maximum atomic E-state index is 13.0. The van der Waals surface area contributed by atoms with E-state index in [0.717, 1.165) is 16.4 Å². The van der Waals surface area contributed by atoms with Gasteiger partial charge in [-0.3, -0.25) is 9.10 Å². The van der Waals surface area contributed by atoms with Gasteiger partial charge >= 0.3 is 6.36 Å². The molecule has 0 atom stereocenters. The van der Waals surface area contributed by atoms with Crippen molar-refractivity contribution >= 4 is 27.3 Å². The fraction of sp³-hybridized carbons (Fsp3) is 0.136. The lowest BCUT2D eigenvalue weighted by Gasteiger charge is -2.20. The molecule has 0 aliphatic heterocycles. The first-order chi connectivity index (χ1) is 15.5. The standard InChI is InChI=1S/C22H19F3N2O5S/c1-27(16-10-12-17(31-2)13-11-16)33(29,30)18-7-5-6-15(14-18)21(28)26-19-8-3-4-9-20(19)32-22(23,24)25/h3-14H,1-2H3,(H,26,28). The lowest BCUT2D eigenvalue weighted by Crippen LogP contribution is -2.27. The Hall–Kier alpha value is -3.73. The largest absolute Gasteiger partial charge is 0.573 e. The first kappa shape index (κ1) is 23.9. The number of rotatable bonds is 7. The molecule has 0 saturated heterocycles. The van der Waals surface area contributed by atoms with Crippen LogP contribution in [0.25, 0.3) is 0 Å². The van der Waals surface area contributed by atoms with E-state index in [2.05, 4.69) is 10.1 Å². The highest BCUT2D eigenvalue weighted by atomic mass is 32.2. The van der Waals surface area contributed by atoms with E-state index >= 15 is 0 Å². The molecule has 0 aromatic heterocycles. The third-order valence-corrected chi connectivity index (χ3v) is 6.33. The van der Waals surface area contributed by atoms with Crippen LogP contribution in [-0.2, 0) is 10.0 Å². The minimum atomic E-state index is -4.94. The predicted molar refractivity (Wildman–Crippen MR) is 116 cm³/mol. The van der Waals surface area contributed by atoms with E-state index < -0.39 is 28.0 Å². The Bertz CT molecular complexity index is 1250. The number of halogens is 3. The third-order valence-electron chi connectivity index (χ3n) is 4.55. The lowest BCUT2D eigenvalue weighted by molar-refractivity contribution is -0.274. The number of sulfonamides is 1. The molecule has 0 bridgehead atoms. The first-order valence-electron chi connectivity index (χ1n) is 9.40. The van der Waals surface area contributed by atoms with E-state index in [0.29, 0.717) is 11.4 Å². The van der Waals surface area contributed by atoms with Crippen LogP contribution in [0.15, 0.2) is 77.7 Å². The van der Waals surface area contributed by atoms with Crippen molar-refractivity contribution in [2.75, 3.05) is 23.8 Å². The normalized spacial score (nSPS) is 11.5. The number of benzene rings is 3. The zero-order valence-electron chi connectivity index (χ0n) is 17.5. The number of methoxy groups -OCH3 is 1. The summed E-state index contributed by atoms with van der Waals surface area (Å²) >= 11 is 0. The molecule has 0 aliphatic carbocycles. The van der Waals surface area contributed by atoms with E-state index in [1.54, 1.807) is 24.3 Å². The van der Waals surface area contributed by atoms with E-state index in [9.17, 15) is 26.4 Å². The molecule has 174 valence electrons. The number of hydrogen-bond acceptors (Lipinski definition) is 5. The Kier molecular flexibility index (Phi) is 6.82. The van der Waals surface area contributed by atoms with Gasteiger partial charge in [-0.2, -0.15) is 0 Å². The minimum absolute atomic E-state index is 0.0685. The van der Waals surface area contributed by atoms with Crippen molar-refractivity contribution in [2.45, 2.75) is 11.3 Å². The van der Waals surface area contributed by atoms with E-state index in [-0.39, 0.29) is 16.1 Å². The molecule has 1 amide bonds. The quantitative estimate of drug-likeness (QED) is 0.531. The molecule has 0 saturated carbocycles. The van der Waals surface area contributed by atoms with Crippen LogP contribution in [0.2, 0.25) is 0 Å². The Balaban J connectivity index is 1.85. The van der Waals surface area contributed by atoms with Crippen molar-refractivity contribution in [3.8, 4) is 11.5 Å². The van der Waals surface area contributed by atoms with Crippen molar-refractivity contribution in [3.63, 3.8) is 0 Å². The molecule has 0 heterocycles. The van der Waals surface area contributed by atoms with E-state index in [1.165, 1.54) is 50.6 Å². The average Bonchev–Trinajstić information content (AvgIpc) is 2.79. The van der Waals surface area contributed by atoms with Crippen LogP contribution in [0, 0.1) is 0 Å². The molecule has 0 radical (unpaired) electrons. The maximum absolute atomic E-state index is 13.0. The van der Waals surface area contributed by atoms with Gasteiger partial charge in [-0.05, 0) is 54.6 Å². The summed E-state index contributed by atoms with van der Waals surface area (Å²) in [5.74, 6) is -0.850. The molecule has 0 spiro atoms. The van der Waals surface area contributed by atoms with Crippen molar-refractivity contribution in [1.82, 2.24) is 0 Å². The molecule has 11 heteroatoms. The summed E-state index contributed by atoms with van der Waals surface area (Å²) in [6.45, 7) is 0. The Morgan fingerprint density at radius 1 is 0.970 bits per heavy atom. The van der Waals surface area contributed by atoms with E-state index in [1.807, 2.05) is 0 Å². The first-order valence-corrected chi connectivity index (χ1v) is 10.8. The second-order valence-electron chi connectivity index (χ2n) is 6.70. The van der Waals surface area contributed by atoms with Gasteiger partial charge in [0.1, 0.15) is 5.75 Å². The average molecular weight is 480 g/mol. The SMILES string of the molecule is COc1ccc(N(C)S(=O)(=O)c2cccc(C(=O)Nc3ccccc3OC(F)(F)F)c2)cc1. The molecule has 3 aromatic rings. The number of nitrogens with zero attached hydrogens (tertiary/aromatic N) is 1. The van der Waals surface area contributed by atoms with E-state index in [4.69, 9.17) is 4.74 Å². The van der Waals surface area contributed by atoms with Gasteiger partial charge in [-0.25, -0.2) is 8.42 Å². The highest BCUT2D eigenvalue weighted by Gasteiger charge is 2.32. The van der Waals surface area contributed by atoms with Crippen molar-refractivity contribution in [3.05, 3.63) is 78.4 Å². The van der Waals surface area contributed by atoms with Crippen LogP contribution in [0.5, 0.6) is 11.5 Å². The van der Waals surface area contributed by atoms with Crippen LogP contribution in [-0.4, -0.2) is 34.8 Å². The number of carbonyl (C=O) groups excluding carboxylic acids is 1. The third kappa shape index (κ3) is 5.75. The monoisotopic (exact) mass is 480 g/mol. The van der Waals surface area contributed by atoms with Gasteiger partial charge in [0.25, 0.3) is 15.9 Å². The summed E-state index contributed by atoms with van der Waals surface area (Å²) in [4.78, 5) is 12.5. The number of amides is 1. The second kappa shape index (κ2) is 9.41. The fourth-order valence-corrected chi connectivity index (χ4v) is 4.11. The molecular weight excluding hydrogens is 461 g/mol. The van der Waals surface area contributed by atoms with Crippen LogP contribution >= 0.6 is 0 Å². The van der Waals surface area contributed by atoms with Gasteiger partial charge in [-0.15, -0.1) is 13.2 Å². The summed E-state index contributed by atoms with van der Waals surface area (Å²) < 4.78 is 73.9.